The van der Waals surface area contributed by atoms with Crippen LogP contribution in [-0.2, 0) is 4.74 Å². The van der Waals surface area contributed by atoms with Crippen LogP contribution in [0.2, 0.25) is 5.02 Å². The Morgan fingerprint density at radius 2 is 2.39 bits per heavy atom. The number of rotatable bonds is 3. The topological polar surface area (TPSA) is 50.4 Å². The maximum absolute atomic E-state index is 11.7. The van der Waals surface area contributed by atoms with Crippen molar-refractivity contribution >= 4 is 23.3 Å². The Balaban J connectivity index is 1.82. The highest BCUT2D eigenvalue weighted by molar-refractivity contribution is 6.30. The monoisotopic (exact) mass is 268 g/mol. The summed E-state index contributed by atoms with van der Waals surface area (Å²) in [6, 6.07) is 5.19. The third-order valence-corrected chi connectivity index (χ3v) is 3.25. The molecule has 1 atom stereocenters. The van der Waals surface area contributed by atoms with E-state index in [0.29, 0.717) is 17.5 Å². The van der Waals surface area contributed by atoms with Gasteiger partial charge in [-0.15, -0.1) is 0 Å². The molecular weight excluding hydrogens is 252 g/mol. The molecule has 1 saturated heterocycles. The average molecular weight is 269 g/mol. The standard InChI is InChI=1S/C13H17ClN2O2/c1-9-6-11(14)2-3-12(9)16-13(17)15-7-10-4-5-18-8-10/h2-3,6,10H,4-5,7-8H2,1H3,(H2,15,16,17)/t10-/m0/s1. The average Bonchev–Trinajstić information content (AvgIpc) is 2.83. The molecule has 1 heterocycles. The molecule has 98 valence electrons. The molecule has 1 fully saturated rings. The molecule has 0 unspecified atom stereocenters. The zero-order chi connectivity index (χ0) is 13.0. The maximum atomic E-state index is 11.7. The number of hydrogen-bond donors (Lipinski definition) is 2. The Labute approximate surface area is 112 Å². The van der Waals surface area contributed by atoms with Gasteiger partial charge in [-0.3, -0.25) is 0 Å². The molecule has 18 heavy (non-hydrogen) atoms. The van der Waals surface area contributed by atoms with Gasteiger partial charge in [0.05, 0.1) is 6.61 Å². The molecule has 1 aliphatic heterocycles. The second-order valence-corrected chi connectivity index (χ2v) is 4.96. The first kappa shape index (κ1) is 13.2. The van der Waals surface area contributed by atoms with E-state index in [1.165, 1.54) is 0 Å². The summed E-state index contributed by atoms with van der Waals surface area (Å²) in [5, 5.41) is 6.33. The predicted octanol–water partition coefficient (Wildman–Crippen LogP) is 2.81. The number of aryl methyl sites for hydroxylation is 1. The number of carbonyl (C=O) groups is 1. The fraction of sp³-hybridized carbons (Fsp3) is 0.462. The van der Waals surface area contributed by atoms with Gasteiger partial charge in [-0.2, -0.15) is 0 Å². The lowest BCUT2D eigenvalue weighted by Gasteiger charge is -2.12. The minimum atomic E-state index is -0.188. The van der Waals surface area contributed by atoms with Gasteiger partial charge in [-0.25, -0.2) is 4.79 Å². The number of amides is 2. The van der Waals surface area contributed by atoms with Crippen molar-refractivity contribution in [3.63, 3.8) is 0 Å². The molecule has 1 aromatic carbocycles. The molecule has 5 heteroatoms. The van der Waals surface area contributed by atoms with Crippen LogP contribution in [0.3, 0.4) is 0 Å². The number of urea groups is 1. The van der Waals surface area contributed by atoms with Crippen LogP contribution in [0.4, 0.5) is 10.5 Å². The molecule has 2 N–H and O–H groups in total. The van der Waals surface area contributed by atoms with Gasteiger partial charge >= 0.3 is 6.03 Å². The Morgan fingerprint density at radius 3 is 3.06 bits per heavy atom. The molecule has 0 bridgehead atoms. The lowest BCUT2D eigenvalue weighted by molar-refractivity contribution is 0.185. The van der Waals surface area contributed by atoms with E-state index in [-0.39, 0.29) is 6.03 Å². The van der Waals surface area contributed by atoms with Crippen LogP contribution in [-0.4, -0.2) is 25.8 Å². The van der Waals surface area contributed by atoms with Crippen molar-refractivity contribution in [3.8, 4) is 0 Å². The van der Waals surface area contributed by atoms with Gasteiger partial charge in [0.15, 0.2) is 0 Å². The van der Waals surface area contributed by atoms with Crippen molar-refractivity contribution in [2.45, 2.75) is 13.3 Å². The molecule has 1 aromatic rings. The number of benzene rings is 1. The zero-order valence-corrected chi connectivity index (χ0v) is 11.1. The van der Waals surface area contributed by atoms with E-state index >= 15 is 0 Å². The predicted molar refractivity (Wildman–Crippen MR) is 72.1 cm³/mol. The van der Waals surface area contributed by atoms with Gasteiger partial charge in [0.1, 0.15) is 0 Å². The molecule has 0 saturated carbocycles. The van der Waals surface area contributed by atoms with Gasteiger partial charge in [0.2, 0.25) is 0 Å². The number of nitrogens with one attached hydrogen (secondary N) is 2. The van der Waals surface area contributed by atoms with Gasteiger partial charge < -0.3 is 15.4 Å². The van der Waals surface area contributed by atoms with Crippen molar-refractivity contribution < 1.29 is 9.53 Å². The Bertz CT molecular complexity index is 431. The molecule has 0 radical (unpaired) electrons. The minimum absolute atomic E-state index is 0.188. The van der Waals surface area contributed by atoms with E-state index in [1.807, 2.05) is 13.0 Å². The summed E-state index contributed by atoms with van der Waals surface area (Å²) in [5.74, 6) is 0.432. The molecule has 2 rings (SSSR count). The Morgan fingerprint density at radius 1 is 1.56 bits per heavy atom. The number of hydrogen-bond acceptors (Lipinski definition) is 2. The number of ether oxygens (including phenoxy) is 1. The van der Waals surface area contributed by atoms with Crippen molar-refractivity contribution in [2.24, 2.45) is 5.92 Å². The third-order valence-electron chi connectivity index (χ3n) is 3.01. The summed E-state index contributed by atoms with van der Waals surface area (Å²) < 4.78 is 5.25. The Kier molecular flexibility index (Phi) is 4.44. The highest BCUT2D eigenvalue weighted by atomic mass is 35.5. The van der Waals surface area contributed by atoms with E-state index in [1.54, 1.807) is 12.1 Å². The fourth-order valence-corrected chi connectivity index (χ4v) is 2.14. The van der Waals surface area contributed by atoms with Crippen molar-refractivity contribution in [1.82, 2.24) is 5.32 Å². The fourth-order valence-electron chi connectivity index (χ4n) is 1.92. The number of carbonyl (C=O) groups excluding carboxylic acids is 1. The molecule has 4 nitrogen and oxygen atoms in total. The maximum Gasteiger partial charge on any atom is 0.319 e. The molecular formula is C13H17ClN2O2. The summed E-state index contributed by atoms with van der Waals surface area (Å²) >= 11 is 5.86. The van der Waals surface area contributed by atoms with Gasteiger partial charge in [0, 0.05) is 29.8 Å². The summed E-state index contributed by atoms with van der Waals surface area (Å²) in [6.07, 6.45) is 1.01. The largest absolute Gasteiger partial charge is 0.381 e. The quantitative estimate of drug-likeness (QED) is 0.886. The van der Waals surface area contributed by atoms with Gasteiger partial charge in [-0.1, -0.05) is 11.6 Å². The number of anilines is 1. The van der Waals surface area contributed by atoms with Crippen LogP contribution >= 0.6 is 11.6 Å². The Hall–Kier alpha value is -1.26. The third kappa shape index (κ3) is 3.62. The SMILES string of the molecule is Cc1cc(Cl)ccc1NC(=O)NC[C@@H]1CCOC1. The van der Waals surface area contributed by atoms with Crippen LogP contribution in [0.1, 0.15) is 12.0 Å². The first-order valence-electron chi connectivity index (χ1n) is 6.04. The molecule has 2 amide bonds. The first-order chi connectivity index (χ1) is 8.65. The molecule has 0 spiro atoms. The lowest BCUT2D eigenvalue weighted by Crippen LogP contribution is -2.33. The number of halogens is 1. The second-order valence-electron chi connectivity index (χ2n) is 4.52. The van der Waals surface area contributed by atoms with E-state index in [4.69, 9.17) is 16.3 Å². The van der Waals surface area contributed by atoms with E-state index in [0.717, 1.165) is 30.9 Å². The minimum Gasteiger partial charge on any atom is -0.381 e. The van der Waals surface area contributed by atoms with Gasteiger partial charge in [-0.05, 0) is 37.1 Å². The van der Waals surface area contributed by atoms with Gasteiger partial charge in [0.25, 0.3) is 0 Å². The van der Waals surface area contributed by atoms with Crippen molar-refractivity contribution in [2.75, 3.05) is 25.1 Å². The lowest BCUT2D eigenvalue weighted by atomic mass is 10.1. The highest BCUT2D eigenvalue weighted by Crippen LogP contribution is 2.19. The summed E-state index contributed by atoms with van der Waals surface area (Å²) in [7, 11) is 0. The zero-order valence-electron chi connectivity index (χ0n) is 10.3. The molecule has 0 aliphatic carbocycles. The summed E-state index contributed by atoms with van der Waals surface area (Å²) in [4.78, 5) is 11.7. The first-order valence-corrected chi connectivity index (χ1v) is 6.41. The van der Waals surface area contributed by atoms with Crippen LogP contribution in [0.15, 0.2) is 18.2 Å². The van der Waals surface area contributed by atoms with Crippen molar-refractivity contribution in [3.05, 3.63) is 28.8 Å². The summed E-state index contributed by atoms with van der Waals surface area (Å²) in [6.45, 7) is 4.09. The van der Waals surface area contributed by atoms with Crippen LogP contribution in [0.25, 0.3) is 0 Å². The van der Waals surface area contributed by atoms with Crippen LogP contribution in [0.5, 0.6) is 0 Å². The van der Waals surface area contributed by atoms with E-state index in [9.17, 15) is 4.79 Å². The summed E-state index contributed by atoms with van der Waals surface area (Å²) in [5.41, 5.74) is 1.72. The van der Waals surface area contributed by atoms with E-state index in [2.05, 4.69) is 10.6 Å². The highest BCUT2D eigenvalue weighted by Gasteiger charge is 2.16. The molecule has 1 aliphatic rings. The normalized spacial score (nSPS) is 18.7. The van der Waals surface area contributed by atoms with E-state index < -0.39 is 0 Å². The second kappa shape index (κ2) is 6.07. The smallest absolute Gasteiger partial charge is 0.319 e. The van der Waals surface area contributed by atoms with Crippen LogP contribution < -0.4 is 10.6 Å². The van der Waals surface area contributed by atoms with Crippen molar-refractivity contribution in [1.29, 1.82) is 0 Å². The molecule has 0 aromatic heterocycles. The van der Waals surface area contributed by atoms with Crippen LogP contribution in [0, 0.1) is 12.8 Å².